The zero-order chi connectivity index (χ0) is 41.5. The fourth-order valence-corrected chi connectivity index (χ4v) is 7.65. The lowest BCUT2D eigenvalue weighted by Gasteiger charge is -2.12. The number of ether oxygens (including phenoxy) is 6. The van der Waals surface area contributed by atoms with Gasteiger partial charge in [0.1, 0.15) is 13.1 Å². The molecular weight excluding hydrogens is 848 g/mol. The predicted molar refractivity (Wildman–Crippen MR) is 233 cm³/mol. The third kappa shape index (κ3) is 17.1. The molecule has 0 aliphatic heterocycles. The Morgan fingerprint density at radius 3 is 1.13 bits per heavy atom. The molecule has 2 aromatic heterocycles. The van der Waals surface area contributed by atoms with Crippen molar-refractivity contribution in [2.75, 3.05) is 67.3 Å². The van der Waals surface area contributed by atoms with E-state index in [9.17, 15) is 9.59 Å². The fraction of sp³-hybridized carbons (Fsp3) is 0.364. The normalized spacial score (nSPS) is 10.7. The van der Waals surface area contributed by atoms with Crippen molar-refractivity contribution in [2.45, 2.75) is 38.8 Å². The van der Waals surface area contributed by atoms with Crippen molar-refractivity contribution in [2.24, 2.45) is 0 Å². The summed E-state index contributed by atoms with van der Waals surface area (Å²) in [4.78, 5) is 24.7. The number of pyridine rings is 2. The number of hydrogen-bond donors (Lipinski definition) is 2. The zero-order valence-electron chi connectivity index (χ0n) is 35.0. The minimum Gasteiger partial charge on any atom is -1.00 e. The molecule has 60 heavy (non-hydrogen) atoms. The first-order valence-electron chi connectivity index (χ1n) is 19.0. The van der Waals surface area contributed by atoms with Crippen LogP contribution in [0, 0.1) is 0 Å². The number of rotatable bonds is 25. The van der Waals surface area contributed by atoms with Crippen LogP contribution >= 0.6 is 21.6 Å². The van der Waals surface area contributed by atoms with E-state index in [1.54, 1.807) is 64.2 Å². The van der Waals surface area contributed by atoms with Crippen molar-refractivity contribution >= 4 is 57.7 Å². The molecule has 12 nitrogen and oxygen atoms in total. The molecule has 4 aromatic rings. The molecule has 0 atom stereocenters. The number of methoxy groups -OCH3 is 6. The van der Waals surface area contributed by atoms with Crippen LogP contribution in [0.25, 0.3) is 24.3 Å². The SMILES string of the molecule is COc1cc(C=Cc2cc[n+](CCCC(=O)NCCSSCCNC(=O)CCC[n+]3ccc(C=Cc4cc(OC)c(OC)c(OC)c4)cc3)cc2)cc(OC)c1OC.[Cl-].[Cl-]. The lowest BCUT2D eigenvalue weighted by molar-refractivity contribution is -0.697. The molecule has 2 aromatic carbocycles. The number of benzene rings is 2. The third-order valence-corrected chi connectivity index (χ3v) is 11.3. The van der Waals surface area contributed by atoms with E-state index in [-0.39, 0.29) is 36.6 Å². The molecule has 326 valence electrons. The van der Waals surface area contributed by atoms with Crippen LogP contribution in [0.3, 0.4) is 0 Å². The number of aromatic nitrogens is 2. The second-order valence-corrected chi connectivity index (χ2v) is 15.6. The maximum atomic E-state index is 12.3. The summed E-state index contributed by atoms with van der Waals surface area (Å²) in [5.41, 5.74) is 3.96. The Balaban J connectivity index is 0.00000620. The van der Waals surface area contributed by atoms with Gasteiger partial charge in [0.2, 0.25) is 23.3 Å². The largest absolute Gasteiger partial charge is 1.00 e. The van der Waals surface area contributed by atoms with Gasteiger partial charge in [-0.2, -0.15) is 0 Å². The maximum absolute atomic E-state index is 12.3. The average Bonchev–Trinajstić information content (AvgIpc) is 3.25. The quantitative estimate of drug-likeness (QED) is 0.0555. The monoisotopic (exact) mass is 902 g/mol. The molecule has 2 N–H and O–H groups in total. The van der Waals surface area contributed by atoms with Gasteiger partial charge in [0.15, 0.2) is 47.8 Å². The first-order valence-corrected chi connectivity index (χ1v) is 21.5. The second kappa shape index (κ2) is 28.7. The van der Waals surface area contributed by atoms with E-state index in [0.717, 1.165) is 59.7 Å². The smallest absolute Gasteiger partial charge is 0.220 e. The van der Waals surface area contributed by atoms with Crippen molar-refractivity contribution in [3.05, 3.63) is 95.6 Å². The minimum atomic E-state index is 0. The highest BCUT2D eigenvalue weighted by molar-refractivity contribution is 8.76. The second-order valence-electron chi connectivity index (χ2n) is 12.9. The molecule has 4 rings (SSSR count). The molecule has 2 amide bonds. The van der Waals surface area contributed by atoms with Gasteiger partial charge < -0.3 is 63.9 Å². The van der Waals surface area contributed by atoms with Gasteiger partial charge in [0.25, 0.3) is 0 Å². The van der Waals surface area contributed by atoms with E-state index in [2.05, 4.69) is 19.8 Å². The number of aryl methyl sites for hydroxylation is 2. The van der Waals surface area contributed by atoms with E-state index in [1.807, 2.05) is 97.6 Å². The van der Waals surface area contributed by atoms with Crippen LogP contribution in [0.1, 0.15) is 47.9 Å². The van der Waals surface area contributed by atoms with Crippen molar-refractivity contribution in [1.29, 1.82) is 0 Å². The summed E-state index contributed by atoms with van der Waals surface area (Å²) in [6.45, 7) is 2.74. The molecule has 2 heterocycles. The molecule has 0 saturated carbocycles. The molecule has 0 saturated heterocycles. The third-order valence-electron chi connectivity index (χ3n) is 8.88. The predicted octanol–water partition coefficient (Wildman–Crippen LogP) is 0.536. The van der Waals surface area contributed by atoms with Gasteiger partial charge in [-0.1, -0.05) is 45.9 Å². The number of amides is 2. The highest BCUT2D eigenvalue weighted by Crippen LogP contribution is 2.39. The maximum Gasteiger partial charge on any atom is 0.220 e. The molecule has 0 bridgehead atoms. The zero-order valence-corrected chi connectivity index (χ0v) is 38.2. The van der Waals surface area contributed by atoms with Crippen molar-refractivity contribution in [3.8, 4) is 34.5 Å². The number of carbonyl (C=O) groups excluding carboxylic acids is 2. The highest BCUT2D eigenvalue weighted by atomic mass is 35.5. The average molecular weight is 904 g/mol. The number of nitrogens with zero attached hydrogens (tertiary/aromatic N) is 2. The van der Waals surface area contributed by atoms with Crippen LogP contribution in [-0.2, 0) is 22.7 Å². The molecule has 0 fully saturated rings. The van der Waals surface area contributed by atoms with Gasteiger partial charge in [0, 0.05) is 74.5 Å². The van der Waals surface area contributed by atoms with Gasteiger partial charge >= 0.3 is 0 Å². The highest BCUT2D eigenvalue weighted by Gasteiger charge is 2.14. The molecular formula is C44H56Cl2N4O8S2. The lowest BCUT2D eigenvalue weighted by atomic mass is 10.1. The Bertz CT molecular complexity index is 1780. The van der Waals surface area contributed by atoms with E-state index in [0.29, 0.717) is 60.4 Å². The number of nitrogens with one attached hydrogen (secondary N) is 2. The number of hydrogen-bond acceptors (Lipinski definition) is 10. The molecule has 0 radical (unpaired) electrons. The van der Waals surface area contributed by atoms with E-state index in [4.69, 9.17) is 28.4 Å². The molecule has 0 spiro atoms. The van der Waals surface area contributed by atoms with Crippen molar-refractivity contribution in [1.82, 2.24) is 10.6 Å². The summed E-state index contributed by atoms with van der Waals surface area (Å²) in [5, 5.41) is 6.00. The molecule has 0 aliphatic carbocycles. The van der Waals surface area contributed by atoms with Crippen molar-refractivity contribution in [3.63, 3.8) is 0 Å². The van der Waals surface area contributed by atoms with E-state index in [1.165, 1.54) is 0 Å². The molecule has 0 aliphatic rings. The van der Waals surface area contributed by atoms with Gasteiger partial charge in [-0.15, -0.1) is 0 Å². The lowest BCUT2D eigenvalue weighted by Crippen LogP contribution is -3.00. The molecule has 16 heteroatoms. The summed E-state index contributed by atoms with van der Waals surface area (Å²) >= 11 is 0. The number of halogens is 2. The Kier molecular flexibility index (Phi) is 24.5. The van der Waals surface area contributed by atoms with Crippen LogP contribution < -0.4 is 73.0 Å². The van der Waals surface area contributed by atoms with Crippen LogP contribution in [0.5, 0.6) is 34.5 Å². The number of carbonyl (C=O) groups is 2. The summed E-state index contributed by atoms with van der Waals surface area (Å²) < 4.78 is 36.7. The van der Waals surface area contributed by atoms with Crippen LogP contribution in [-0.4, -0.2) is 79.1 Å². The van der Waals surface area contributed by atoms with Gasteiger partial charge in [-0.05, 0) is 46.5 Å². The van der Waals surface area contributed by atoms with Gasteiger partial charge in [-0.25, -0.2) is 9.13 Å². The van der Waals surface area contributed by atoms with Crippen LogP contribution in [0.2, 0.25) is 0 Å². The van der Waals surface area contributed by atoms with E-state index < -0.39 is 0 Å². The Morgan fingerprint density at radius 1 is 0.517 bits per heavy atom. The summed E-state index contributed by atoms with van der Waals surface area (Å²) in [6, 6.07) is 15.8. The van der Waals surface area contributed by atoms with E-state index >= 15 is 0 Å². The topological polar surface area (TPSA) is 121 Å². The van der Waals surface area contributed by atoms with Crippen LogP contribution in [0.15, 0.2) is 73.3 Å². The Hall–Kier alpha value is -4.76. The first kappa shape index (κ1) is 51.4. The standard InChI is InChI=1S/C44H54N4O8S2.2ClH/c1-51-37-29-35(30-38(52-2)43(37)55-5)13-11-33-15-23-47(24-16-33)21-7-9-41(49)45-19-27-57-58-28-20-46-42(50)10-8-22-48-25-17-34(18-26-48)12-14-36-31-39(53-3)44(56-6)40(32-36)54-4;;/h11-18,23-26,29-32H,7-10,19-22,27-28H2,1-6H3;2*1H. The fourth-order valence-electron chi connectivity index (χ4n) is 5.84. The first-order chi connectivity index (χ1) is 28.3. The molecule has 0 unspecified atom stereocenters. The summed E-state index contributed by atoms with van der Waals surface area (Å²) in [7, 11) is 13.0. The van der Waals surface area contributed by atoms with Crippen LogP contribution in [0.4, 0.5) is 0 Å². The minimum absolute atomic E-state index is 0. The Morgan fingerprint density at radius 2 is 0.833 bits per heavy atom. The Labute approximate surface area is 374 Å². The van der Waals surface area contributed by atoms with Gasteiger partial charge in [-0.3, -0.25) is 9.59 Å². The van der Waals surface area contributed by atoms with Crippen molar-refractivity contribution < 1.29 is 72.0 Å². The summed E-state index contributed by atoms with van der Waals surface area (Å²) in [6.07, 6.45) is 18.6. The summed E-state index contributed by atoms with van der Waals surface area (Å²) in [5.74, 6) is 5.28. The van der Waals surface area contributed by atoms with Gasteiger partial charge in [0.05, 0.1) is 42.7 Å².